The summed E-state index contributed by atoms with van der Waals surface area (Å²) in [5.41, 5.74) is 0.339. The van der Waals surface area contributed by atoms with Crippen molar-refractivity contribution in [1.82, 2.24) is 0 Å². The Hall–Kier alpha value is -2.38. The number of benzene rings is 1. The number of nitrogens with two attached hydrogens (primary N) is 1. The Morgan fingerprint density at radius 2 is 2.05 bits per heavy atom. The molecule has 104 valence electrons. The molecule has 1 amide bonds. The van der Waals surface area contributed by atoms with E-state index in [0.29, 0.717) is 11.4 Å². The predicted octanol–water partition coefficient (Wildman–Crippen LogP) is 1.58. The topological polar surface area (TPSA) is 102 Å². The first-order chi connectivity index (χ1) is 9.45. The van der Waals surface area contributed by atoms with E-state index in [-0.39, 0.29) is 4.90 Å². The van der Waals surface area contributed by atoms with Crippen molar-refractivity contribution in [2.45, 2.75) is 4.90 Å². The van der Waals surface area contributed by atoms with E-state index in [2.05, 4.69) is 5.32 Å². The smallest absolute Gasteiger partial charge is 0.248 e. The normalized spacial score (nSPS) is 11.7. The first-order valence-electron chi connectivity index (χ1n) is 5.60. The zero-order valence-electron chi connectivity index (χ0n) is 10.3. The lowest BCUT2D eigenvalue weighted by atomic mass is 10.3. The molecule has 7 heteroatoms. The fourth-order valence-electron chi connectivity index (χ4n) is 1.48. The summed E-state index contributed by atoms with van der Waals surface area (Å²) in [6.07, 6.45) is 4.27. The summed E-state index contributed by atoms with van der Waals surface area (Å²) < 4.78 is 27.4. The molecule has 6 nitrogen and oxygen atoms in total. The molecule has 3 N–H and O–H groups in total. The van der Waals surface area contributed by atoms with Crippen LogP contribution in [0.3, 0.4) is 0 Å². The number of nitrogens with one attached hydrogen (secondary N) is 1. The molecule has 1 aromatic heterocycles. The number of carbonyl (C=O) groups excluding carboxylic acids is 1. The molecule has 0 unspecified atom stereocenters. The van der Waals surface area contributed by atoms with Crippen LogP contribution in [-0.2, 0) is 14.8 Å². The quantitative estimate of drug-likeness (QED) is 0.835. The molecule has 1 heterocycles. The van der Waals surface area contributed by atoms with Crippen molar-refractivity contribution in [3.8, 4) is 0 Å². The molecule has 0 bridgehead atoms. The van der Waals surface area contributed by atoms with E-state index in [9.17, 15) is 13.2 Å². The number of furan rings is 1. The highest BCUT2D eigenvalue weighted by molar-refractivity contribution is 7.89. The maximum absolute atomic E-state index is 11.6. The number of hydrogen-bond acceptors (Lipinski definition) is 4. The van der Waals surface area contributed by atoms with E-state index in [4.69, 9.17) is 9.56 Å². The van der Waals surface area contributed by atoms with Crippen molar-refractivity contribution < 1.29 is 17.6 Å². The molecule has 0 aliphatic heterocycles. The molecule has 2 rings (SSSR count). The Kier molecular flexibility index (Phi) is 4.02. The van der Waals surface area contributed by atoms with Gasteiger partial charge in [0, 0.05) is 11.8 Å². The van der Waals surface area contributed by atoms with Crippen LogP contribution in [0.25, 0.3) is 6.08 Å². The molecule has 0 saturated carbocycles. The summed E-state index contributed by atoms with van der Waals surface area (Å²) in [6.45, 7) is 0. The second-order valence-corrected chi connectivity index (χ2v) is 5.47. The van der Waals surface area contributed by atoms with E-state index >= 15 is 0 Å². The molecule has 20 heavy (non-hydrogen) atoms. The minimum Gasteiger partial charge on any atom is -0.465 e. The monoisotopic (exact) mass is 292 g/mol. The van der Waals surface area contributed by atoms with Crippen molar-refractivity contribution in [3.63, 3.8) is 0 Å². The third-order valence-electron chi connectivity index (χ3n) is 2.37. The zero-order valence-corrected chi connectivity index (χ0v) is 11.1. The molecule has 0 aliphatic rings. The van der Waals surface area contributed by atoms with Crippen LogP contribution in [0.2, 0.25) is 0 Å². The SMILES string of the molecule is NS(=O)(=O)c1cccc(NC(=O)/C=C/c2ccco2)c1. The van der Waals surface area contributed by atoms with E-state index in [1.165, 1.54) is 36.6 Å². The van der Waals surface area contributed by atoms with Crippen molar-refractivity contribution in [3.05, 3.63) is 54.5 Å². The Morgan fingerprint density at radius 1 is 1.25 bits per heavy atom. The van der Waals surface area contributed by atoms with Gasteiger partial charge in [0.15, 0.2) is 0 Å². The van der Waals surface area contributed by atoms with Crippen LogP contribution in [0.15, 0.2) is 58.1 Å². The van der Waals surface area contributed by atoms with Gasteiger partial charge >= 0.3 is 0 Å². The fraction of sp³-hybridized carbons (Fsp3) is 0. The largest absolute Gasteiger partial charge is 0.465 e. The number of rotatable bonds is 4. The molecule has 0 spiro atoms. The molecule has 0 atom stereocenters. The van der Waals surface area contributed by atoms with Gasteiger partial charge in [-0.2, -0.15) is 0 Å². The maximum atomic E-state index is 11.6. The van der Waals surface area contributed by atoms with Crippen LogP contribution in [0, 0.1) is 0 Å². The van der Waals surface area contributed by atoms with Crippen LogP contribution in [-0.4, -0.2) is 14.3 Å². The highest BCUT2D eigenvalue weighted by Gasteiger charge is 2.08. The van der Waals surface area contributed by atoms with E-state index < -0.39 is 15.9 Å². The minimum absolute atomic E-state index is 0.0645. The van der Waals surface area contributed by atoms with Gasteiger partial charge in [0.25, 0.3) is 0 Å². The third kappa shape index (κ3) is 3.81. The zero-order chi connectivity index (χ0) is 14.6. The maximum Gasteiger partial charge on any atom is 0.248 e. The van der Waals surface area contributed by atoms with Gasteiger partial charge < -0.3 is 9.73 Å². The summed E-state index contributed by atoms with van der Waals surface area (Å²) in [4.78, 5) is 11.6. The van der Waals surface area contributed by atoms with Gasteiger partial charge in [0.1, 0.15) is 5.76 Å². The van der Waals surface area contributed by atoms with Crippen LogP contribution in [0.1, 0.15) is 5.76 Å². The summed E-state index contributed by atoms with van der Waals surface area (Å²) in [5.74, 6) is 0.131. The number of hydrogen-bond donors (Lipinski definition) is 2. The van der Waals surface area contributed by atoms with E-state index in [1.807, 2.05) is 0 Å². The molecular formula is C13H12N2O4S. The Morgan fingerprint density at radius 3 is 2.70 bits per heavy atom. The summed E-state index contributed by atoms with van der Waals surface area (Å²) in [5, 5.41) is 7.54. The van der Waals surface area contributed by atoms with Gasteiger partial charge in [-0.15, -0.1) is 0 Å². The summed E-state index contributed by atoms with van der Waals surface area (Å²) >= 11 is 0. The fourth-order valence-corrected chi connectivity index (χ4v) is 2.04. The number of primary sulfonamides is 1. The van der Waals surface area contributed by atoms with Crippen molar-refractivity contribution in [2.24, 2.45) is 5.14 Å². The lowest BCUT2D eigenvalue weighted by molar-refractivity contribution is -0.111. The molecular weight excluding hydrogens is 280 g/mol. The highest BCUT2D eigenvalue weighted by Crippen LogP contribution is 2.14. The van der Waals surface area contributed by atoms with E-state index in [0.717, 1.165) is 0 Å². The summed E-state index contributed by atoms with van der Waals surface area (Å²) in [6, 6.07) is 9.09. The highest BCUT2D eigenvalue weighted by atomic mass is 32.2. The molecule has 2 aromatic rings. The lowest BCUT2D eigenvalue weighted by Gasteiger charge is -2.04. The van der Waals surface area contributed by atoms with Crippen LogP contribution < -0.4 is 10.5 Å². The standard InChI is InChI=1S/C13H12N2O4S/c14-20(17,18)12-5-1-3-10(9-12)15-13(16)7-6-11-4-2-8-19-11/h1-9H,(H,15,16)(H2,14,17,18)/b7-6+. The molecule has 0 aliphatic carbocycles. The predicted molar refractivity (Wildman–Crippen MR) is 74.2 cm³/mol. The second kappa shape index (κ2) is 5.72. The number of anilines is 1. The Balaban J connectivity index is 2.08. The van der Waals surface area contributed by atoms with E-state index in [1.54, 1.807) is 18.2 Å². The Labute approximate surface area is 116 Å². The first kappa shape index (κ1) is 14.0. The molecule has 0 radical (unpaired) electrons. The van der Waals surface area contributed by atoms with Gasteiger partial charge in [0.05, 0.1) is 11.2 Å². The van der Waals surface area contributed by atoms with Crippen molar-refractivity contribution >= 4 is 27.7 Å². The number of amides is 1. The first-order valence-corrected chi connectivity index (χ1v) is 7.15. The summed E-state index contributed by atoms with van der Waals surface area (Å²) in [7, 11) is -3.79. The Bertz CT molecular complexity index is 733. The molecule has 0 saturated heterocycles. The van der Waals surface area contributed by atoms with Crippen molar-refractivity contribution in [1.29, 1.82) is 0 Å². The number of sulfonamides is 1. The van der Waals surface area contributed by atoms with Crippen molar-refractivity contribution in [2.75, 3.05) is 5.32 Å². The third-order valence-corrected chi connectivity index (χ3v) is 3.28. The molecule has 1 aromatic carbocycles. The van der Waals surface area contributed by atoms with Crippen LogP contribution >= 0.6 is 0 Å². The van der Waals surface area contributed by atoms with Crippen LogP contribution in [0.5, 0.6) is 0 Å². The average molecular weight is 292 g/mol. The van der Waals surface area contributed by atoms with Gasteiger partial charge in [-0.25, -0.2) is 13.6 Å². The second-order valence-electron chi connectivity index (χ2n) is 3.91. The van der Waals surface area contributed by atoms with Gasteiger partial charge in [-0.05, 0) is 36.4 Å². The van der Waals surface area contributed by atoms with Crippen LogP contribution in [0.4, 0.5) is 5.69 Å². The lowest BCUT2D eigenvalue weighted by Crippen LogP contribution is -2.13. The van der Waals surface area contributed by atoms with Gasteiger partial charge in [-0.3, -0.25) is 4.79 Å². The number of carbonyl (C=O) groups is 1. The minimum atomic E-state index is -3.79. The van der Waals surface area contributed by atoms with Gasteiger partial charge in [0.2, 0.25) is 15.9 Å². The average Bonchev–Trinajstić information content (AvgIpc) is 2.89. The molecule has 0 fully saturated rings. The van der Waals surface area contributed by atoms with Gasteiger partial charge in [-0.1, -0.05) is 6.07 Å².